The van der Waals surface area contributed by atoms with Crippen LogP contribution in [0.3, 0.4) is 0 Å². The normalized spacial score (nSPS) is 12.0. The lowest BCUT2D eigenvalue weighted by molar-refractivity contribution is 0.199. The predicted octanol–water partition coefficient (Wildman–Crippen LogP) is 0.907. The van der Waals surface area contributed by atoms with Gasteiger partial charge in [-0.25, -0.2) is 0 Å². The minimum atomic E-state index is -0.465. The van der Waals surface area contributed by atoms with E-state index < -0.39 is 6.10 Å². The van der Waals surface area contributed by atoms with Gasteiger partial charge in [0.2, 0.25) is 11.9 Å². The third-order valence-electron chi connectivity index (χ3n) is 3.03. The summed E-state index contributed by atoms with van der Waals surface area (Å²) in [4.78, 5) is 16.5. The fraction of sp³-hybridized carbons (Fsp3) is 0.400. The van der Waals surface area contributed by atoms with Gasteiger partial charge in [0.15, 0.2) is 5.82 Å². The van der Waals surface area contributed by atoms with Crippen LogP contribution in [0.4, 0.5) is 17.6 Å². The predicted molar refractivity (Wildman–Crippen MR) is 87.7 cm³/mol. The van der Waals surface area contributed by atoms with Gasteiger partial charge in [-0.2, -0.15) is 15.0 Å². The van der Waals surface area contributed by atoms with Crippen molar-refractivity contribution in [1.82, 2.24) is 15.0 Å². The quantitative estimate of drug-likeness (QED) is 0.819. The molecule has 0 aliphatic rings. The standard InChI is InChI=1S/C15H22N6O/c1-11(22)9-21(12-7-5-4-6-8-12)10-13-17-14(16)19-15(18-13)20(2)3/h4-8,11,22H,9-10H2,1-3H3,(H2,16,17,18,19). The number of aliphatic hydroxyl groups is 1. The molecule has 1 aromatic carbocycles. The molecule has 7 heteroatoms. The summed E-state index contributed by atoms with van der Waals surface area (Å²) in [6.07, 6.45) is -0.465. The van der Waals surface area contributed by atoms with Crippen LogP contribution in [-0.4, -0.2) is 46.8 Å². The zero-order valence-electron chi connectivity index (χ0n) is 13.1. The van der Waals surface area contributed by atoms with Gasteiger partial charge in [-0.05, 0) is 19.1 Å². The van der Waals surface area contributed by atoms with Crippen molar-refractivity contribution >= 4 is 17.6 Å². The number of aromatic nitrogens is 3. The van der Waals surface area contributed by atoms with Crippen molar-refractivity contribution in [3.63, 3.8) is 0 Å². The molecule has 2 rings (SSSR count). The number of nitrogens with zero attached hydrogens (tertiary/aromatic N) is 5. The van der Waals surface area contributed by atoms with Gasteiger partial charge in [-0.3, -0.25) is 0 Å². The molecule has 2 aromatic rings. The number of benzene rings is 1. The van der Waals surface area contributed by atoms with Crippen LogP contribution in [0.1, 0.15) is 12.7 Å². The number of anilines is 3. The molecule has 0 bridgehead atoms. The van der Waals surface area contributed by atoms with E-state index in [1.54, 1.807) is 11.8 Å². The molecule has 22 heavy (non-hydrogen) atoms. The molecule has 0 spiro atoms. The van der Waals surface area contributed by atoms with Crippen LogP contribution in [-0.2, 0) is 6.54 Å². The molecule has 0 radical (unpaired) electrons. The number of nitrogens with two attached hydrogens (primary N) is 1. The van der Waals surface area contributed by atoms with Crippen LogP contribution in [0.5, 0.6) is 0 Å². The lowest BCUT2D eigenvalue weighted by Crippen LogP contribution is -2.31. The average Bonchev–Trinajstić information content (AvgIpc) is 2.46. The highest BCUT2D eigenvalue weighted by Crippen LogP contribution is 2.17. The first-order valence-electron chi connectivity index (χ1n) is 7.11. The Kier molecular flexibility index (Phi) is 5.11. The van der Waals surface area contributed by atoms with Crippen LogP contribution in [0.2, 0.25) is 0 Å². The van der Waals surface area contributed by atoms with Gasteiger partial charge in [-0.15, -0.1) is 0 Å². The Labute approximate surface area is 130 Å². The number of hydrogen-bond donors (Lipinski definition) is 2. The summed E-state index contributed by atoms with van der Waals surface area (Å²) < 4.78 is 0. The third kappa shape index (κ3) is 4.29. The van der Waals surface area contributed by atoms with Crippen molar-refractivity contribution in [2.24, 2.45) is 0 Å². The highest BCUT2D eigenvalue weighted by atomic mass is 16.3. The molecular formula is C15H22N6O. The summed E-state index contributed by atoms with van der Waals surface area (Å²) >= 11 is 0. The Morgan fingerprint density at radius 2 is 1.82 bits per heavy atom. The summed E-state index contributed by atoms with van der Waals surface area (Å²) in [5, 5.41) is 9.73. The first kappa shape index (κ1) is 16.0. The minimum Gasteiger partial charge on any atom is -0.392 e. The summed E-state index contributed by atoms with van der Waals surface area (Å²) in [7, 11) is 3.70. The summed E-state index contributed by atoms with van der Waals surface area (Å²) in [5.74, 6) is 1.28. The van der Waals surface area contributed by atoms with E-state index >= 15 is 0 Å². The zero-order valence-corrected chi connectivity index (χ0v) is 13.1. The summed E-state index contributed by atoms with van der Waals surface area (Å²) in [6.45, 7) is 2.68. The molecule has 7 nitrogen and oxygen atoms in total. The van der Waals surface area contributed by atoms with Crippen molar-refractivity contribution in [3.05, 3.63) is 36.2 Å². The van der Waals surface area contributed by atoms with Crippen molar-refractivity contribution in [1.29, 1.82) is 0 Å². The van der Waals surface area contributed by atoms with Crippen LogP contribution < -0.4 is 15.5 Å². The topological polar surface area (TPSA) is 91.4 Å². The molecule has 3 N–H and O–H groups in total. The van der Waals surface area contributed by atoms with Crippen LogP contribution in [0, 0.1) is 0 Å². The smallest absolute Gasteiger partial charge is 0.229 e. The van der Waals surface area contributed by atoms with Gasteiger partial charge in [0.25, 0.3) is 0 Å². The van der Waals surface area contributed by atoms with E-state index in [1.165, 1.54) is 0 Å². The van der Waals surface area contributed by atoms with E-state index in [0.717, 1.165) is 5.69 Å². The van der Waals surface area contributed by atoms with Gasteiger partial charge in [0, 0.05) is 26.3 Å². The molecule has 0 aliphatic heterocycles. The molecule has 0 fully saturated rings. The molecule has 1 aromatic heterocycles. The molecule has 1 heterocycles. The lowest BCUT2D eigenvalue weighted by Gasteiger charge is -2.25. The largest absolute Gasteiger partial charge is 0.392 e. The van der Waals surface area contributed by atoms with E-state index in [2.05, 4.69) is 15.0 Å². The monoisotopic (exact) mass is 302 g/mol. The van der Waals surface area contributed by atoms with Crippen LogP contribution in [0.15, 0.2) is 30.3 Å². The van der Waals surface area contributed by atoms with Crippen molar-refractivity contribution in [2.45, 2.75) is 19.6 Å². The Morgan fingerprint density at radius 3 is 2.41 bits per heavy atom. The van der Waals surface area contributed by atoms with Gasteiger partial charge in [0.05, 0.1) is 12.6 Å². The van der Waals surface area contributed by atoms with Crippen LogP contribution >= 0.6 is 0 Å². The summed E-state index contributed by atoms with van der Waals surface area (Å²) in [5.41, 5.74) is 6.75. The van der Waals surface area contributed by atoms with Gasteiger partial charge >= 0.3 is 0 Å². The second kappa shape index (κ2) is 7.04. The Hall–Kier alpha value is -2.41. The highest BCUT2D eigenvalue weighted by molar-refractivity contribution is 5.46. The summed E-state index contributed by atoms with van der Waals surface area (Å²) in [6, 6.07) is 9.84. The second-order valence-corrected chi connectivity index (χ2v) is 5.37. The number of hydrogen-bond acceptors (Lipinski definition) is 7. The maximum atomic E-state index is 9.73. The van der Waals surface area contributed by atoms with E-state index in [4.69, 9.17) is 5.73 Å². The van der Waals surface area contributed by atoms with Crippen LogP contribution in [0.25, 0.3) is 0 Å². The second-order valence-electron chi connectivity index (χ2n) is 5.37. The fourth-order valence-corrected chi connectivity index (χ4v) is 2.09. The highest BCUT2D eigenvalue weighted by Gasteiger charge is 2.14. The maximum Gasteiger partial charge on any atom is 0.229 e. The number of para-hydroxylation sites is 1. The van der Waals surface area contributed by atoms with E-state index in [-0.39, 0.29) is 5.95 Å². The lowest BCUT2D eigenvalue weighted by atomic mass is 10.2. The molecule has 118 valence electrons. The third-order valence-corrected chi connectivity index (χ3v) is 3.03. The average molecular weight is 302 g/mol. The minimum absolute atomic E-state index is 0.193. The first-order valence-corrected chi connectivity index (χ1v) is 7.11. The Balaban J connectivity index is 2.27. The molecule has 1 atom stereocenters. The molecule has 0 saturated heterocycles. The van der Waals surface area contributed by atoms with E-state index in [0.29, 0.717) is 24.9 Å². The van der Waals surface area contributed by atoms with Gasteiger partial charge in [-0.1, -0.05) is 18.2 Å². The SMILES string of the molecule is CC(O)CN(Cc1nc(N)nc(N(C)C)n1)c1ccccc1. The maximum absolute atomic E-state index is 9.73. The number of nitrogen functional groups attached to an aromatic ring is 1. The fourth-order valence-electron chi connectivity index (χ4n) is 2.09. The zero-order chi connectivity index (χ0) is 16.1. The molecule has 1 unspecified atom stereocenters. The molecular weight excluding hydrogens is 280 g/mol. The Morgan fingerprint density at radius 1 is 1.14 bits per heavy atom. The van der Waals surface area contributed by atoms with Gasteiger partial charge < -0.3 is 20.6 Å². The van der Waals surface area contributed by atoms with Crippen molar-refractivity contribution in [2.75, 3.05) is 36.2 Å². The molecule has 0 saturated carbocycles. The van der Waals surface area contributed by atoms with Gasteiger partial charge in [0.1, 0.15) is 0 Å². The first-order chi connectivity index (χ1) is 10.5. The van der Waals surface area contributed by atoms with Crippen molar-refractivity contribution < 1.29 is 5.11 Å². The van der Waals surface area contributed by atoms with E-state index in [1.807, 2.05) is 49.3 Å². The number of rotatable bonds is 6. The number of aliphatic hydroxyl groups excluding tert-OH is 1. The molecule has 0 amide bonds. The Bertz CT molecular complexity index is 602. The van der Waals surface area contributed by atoms with Crippen molar-refractivity contribution in [3.8, 4) is 0 Å². The molecule has 0 aliphatic carbocycles. The van der Waals surface area contributed by atoms with E-state index in [9.17, 15) is 5.11 Å².